The number of rotatable bonds is 2. The van der Waals surface area contributed by atoms with Crippen LogP contribution < -0.4 is 0 Å². The summed E-state index contributed by atoms with van der Waals surface area (Å²) in [5, 5.41) is 1.97. The van der Waals surface area contributed by atoms with Crippen LogP contribution >= 0.6 is 11.3 Å². The highest BCUT2D eigenvalue weighted by atomic mass is 32.1. The maximum absolute atomic E-state index is 11.8. The van der Waals surface area contributed by atoms with E-state index in [1.54, 1.807) is 11.3 Å². The summed E-state index contributed by atoms with van der Waals surface area (Å²) in [4.78, 5) is 13.2. The van der Waals surface area contributed by atoms with Gasteiger partial charge in [0.15, 0.2) is 0 Å². The number of aryl methyl sites for hydroxylation is 1. The van der Waals surface area contributed by atoms with Crippen molar-refractivity contribution in [2.75, 3.05) is 6.61 Å². The molecule has 0 saturated heterocycles. The van der Waals surface area contributed by atoms with E-state index in [0.29, 0.717) is 6.61 Å². The zero-order valence-corrected chi connectivity index (χ0v) is 10.9. The molecule has 1 aliphatic carbocycles. The van der Waals surface area contributed by atoms with Gasteiger partial charge < -0.3 is 4.74 Å². The van der Waals surface area contributed by atoms with Crippen LogP contribution in [0.1, 0.15) is 54.4 Å². The van der Waals surface area contributed by atoms with E-state index in [0.717, 1.165) is 18.4 Å². The van der Waals surface area contributed by atoms with Crippen molar-refractivity contribution in [1.29, 1.82) is 0 Å². The van der Waals surface area contributed by atoms with Gasteiger partial charge in [0.2, 0.25) is 0 Å². The largest absolute Gasteiger partial charge is 0.462 e. The lowest BCUT2D eigenvalue weighted by molar-refractivity contribution is 0.0523. The second kappa shape index (κ2) is 4.21. The van der Waals surface area contributed by atoms with E-state index in [9.17, 15) is 4.79 Å². The van der Waals surface area contributed by atoms with Crippen LogP contribution in [0.2, 0.25) is 0 Å². The molecule has 0 spiro atoms. The lowest BCUT2D eigenvalue weighted by Crippen LogP contribution is -2.25. The minimum atomic E-state index is -0.157. The smallest absolute Gasteiger partial charge is 0.339 e. The highest BCUT2D eigenvalue weighted by Crippen LogP contribution is 2.42. The second-order valence-electron chi connectivity index (χ2n) is 4.91. The summed E-state index contributed by atoms with van der Waals surface area (Å²) in [6.07, 6.45) is 3.49. The van der Waals surface area contributed by atoms with Gasteiger partial charge in [0, 0.05) is 10.3 Å². The number of hydrogen-bond donors (Lipinski definition) is 0. The average Bonchev–Trinajstić information content (AvgIpc) is 2.63. The van der Waals surface area contributed by atoms with Crippen molar-refractivity contribution < 1.29 is 9.53 Å². The fourth-order valence-corrected chi connectivity index (χ4v) is 3.74. The molecule has 1 aliphatic rings. The van der Waals surface area contributed by atoms with Gasteiger partial charge in [-0.15, -0.1) is 11.3 Å². The molecule has 0 radical (unpaired) electrons. The molecular formula is C13H18O2S. The third-order valence-corrected chi connectivity index (χ3v) is 4.29. The van der Waals surface area contributed by atoms with Gasteiger partial charge in [-0.3, -0.25) is 0 Å². The van der Waals surface area contributed by atoms with Gasteiger partial charge in [-0.25, -0.2) is 4.79 Å². The maximum atomic E-state index is 11.8. The highest BCUT2D eigenvalue weighted by molar-refractivity contribution is 7.10. The molecule has 0 fully saturated rings. The van der Waals surface area contributed by atoms with Crippen LogP contribution in [-0.2, 0) is 16.6 Å². The highest BCUT2D eigenvalue weighted by Gasteiger charge is 2.33. The minimum absolute atomic E-state index is 0.121. The Morgan fingerprint density at radius 3 is 3.00 bits per heavy atom. The van der Waals surface area contributed by atoms with Gasteiger partial charge in [0.05, 0.1) is 12.2 Å². The molecule has 0 aromatic carbocycles. The zero-order chi connectivity index (χ0) is 11.8. The van der Waals surface area contributed by atoms with Gasteiger partial charge in [0.1, 0.15) is 0 Å². The molecule has 0 aliphatic heterocycles. The molecular weight excluding hydrogens is 220 g/mol. The van der Waals surface area contributed by atoms with Crippen LogP contribution in [0.5, 0.6) is 0 Å². The summed E-state index contributed by atoms with van der Waals surface area (Å²) >= 11 is 1.71. The third-order valence-electron chi connectivity index (χ3n) is 3.24. The number of fused-ring (bicyclic) bond motifs is 1. The van der Waals surface area contributed by atoms with Crippen molar-refractivity contribution in [2.24, 2.45) is 0 Å². The molecule has 0 unspecified atom stereocenters. The quantitative estimate of drug-likeness (QED) is 0.737. The standard InChI is InChI=1S/C13H18O2S/c1-4-15-12(14)9-8-16-10-6-5-7-13(2,3)11(9)10/h8H,4-7H2,1-3H3. The van der Waals surface area contributed by atoms with Crippen molar-refractivity contribution >= 4 is 17.3 Å². The summed E-state index contributed by atoms with van der Waals surface area (Å²) in [7, 11) is 0. The molecule has 0 N–H and O–H groups in total. The Kier molecular flexibility index (Phi) is 3.06. The van der Waals surface area contributed by atoms with E-state index in [-0.39, 0.29) is 11.4 Å². The van der Waals surface area contributed by atoms with E-state index in [1.165, 1.54) is 16.9 Å². The van der Waals surface area contributed by atoms with Crippen LogP contribution in [0.25, 0.3) is 0 Å². The number of thiophene rings is 1. The lowest BCUT2D eigenvalue weighted by atomic mass is 9.74. The minimum Gasteiger partial charge on any atom is -0.462 e. The van der Waals surface area contributed by atoms with Crippen molar-refractivity contribution in [2.45, 2.75) is 45.4 Å². The number of carbonyl (C=O) groups excluding carboxylic acids is 1. The lowest BCUT2D eigenvalue weighted by Gasteiger charge is -2.31. The molecule has 1 aromatic heterocycles. The summed E-state index contributed by atoms with van der Waals surface area (Å²) in [5.41, 5.74) is 2.16. The molecule has 1 aromatic rings. The number of esters is 1. The van der Waals surface area contributed by atoms with E-state index < -0.39 is 0 Å². The average molecular weight is 238 g/mol. The first kappa shape index (κ1) is 11.6. The Labute approximate surface area is 101 Å². The van der Waals surface area contributed by atoms with Crippen LogP contribution in [-0.4, -0.2) is 12.6 Å². The van der Waals surface area contributed by atoms with Gasteiger partial charge in [-0.2, -0.15) is 0 Å². The summed E-state index contributed by atoms with van der Waals surface area (Å²) in [5.74, 6) is -0.157. The third kappa shape index (κ3) is 1.88. The Balaban J connectivity index is 2.42. The van der Waals surface area contributed by atoms with Gasteiger partial charge in [-0.05, 0) is 37.2 Å². The van der Waals surface area contributed by atoms with Gasteiger partial charge >= 0.3 is 5.97 Å². The Morgan fingerprint density at radius 2 is 2.31 bits per heavy atom. The Hall–Kier alpha value is -0.830. The topological polar surface area (TPSA) is 26.3 Å². The predicted molar refractivity (Wildman–Crippen MR) is 66.2 cm³/mol. The van der Waals surface area contributed by atoms with E-state index in [2.05, 4.69) is 13.8 Å². The molecule has 88 valence electrons. The Bertz CT molecular complexity index is 404. The Morgan fingerprint density at radius 1 is 1.56 bits per heavy atom. The number of ether oxygens (including phenoxy) is 1. The second-order valence-corrected chi connectivity index (χ2v) is 5.87. The van der Waals surface area contributed by atoms with Crippen molar-refractivity contribution in [1.82, 2.24) is 0 Å². The fourth-order valence-electron chi connectivity index (χ4n) is 2.50. The first-order valence-electron chi connectivity index (χ1n) is 5.84. The maximum Gasteiger partial charge on any atom is 0.339 e. The fraction of sp³-hybridized carbons (Fsp3) is 0.615. The first-order chi connectivity index (χ1) is 7.56. The van der Waals surface area contributed by atoms with E-state index >= 15 is 0 Å². The van der Waals surface area contributed by atoms with E-state index in [4.69, 9.17) is 4.74 Å². The first-order valence-corrected chi connectivity index (χ1v) is 6.72. The molecule has 0 saturated carbocycles. The molecule has 0 amide bonds. The van der Waals surface area contributed by atoms with Crippen LogP contribution in [0.15, 0.2) is 5.38 Å². The van der Waals surface area contributed by atoms with Crippen LogP contribution in [0.3, 0.4) is 0 Å². The molecule has 2 rings (SSSR count). The normalized spacial score (nSPS) is 17.9. The molecule has 2 nitrogen and oxygen atoms in total. The molecule has 1 heterocycles. The van der Waals surface area contributed by atoms with Crippen molar-refractivity contribution in [3.05, 3.63) is 21.4 Å². The van der Waals surface area contributed by atoms with E-state index in [1.807, 2.05) is 12.3 Å². The number of carbonyl (C=O) groups is 1. The molecule has 16 heavy (non-hydrogen) atoms. The molecule has 3 heteroatoms. The SMILES string of the molecule is CCOC(=O)c1csc2c1C(C)(C)CCC2. The molecule has 0 bridgehead atoms. The summed E-state index contributed by atoms with van der Waals surface area (Å²) in [6, 6.07) is 0. The monoisotopic (exact) mass is 238 g/mol. The summed E-state index contributed by atoms with van der Waals surface area (Å²) in [6.45, 7) is 6.74. The van der Waals surface area contributed by atoms with Crippen LogP contribution in [0.4, 0.5) is 0 Å². The van der Waals surface area contributed by atoms with Crippen molar-refractivity contribution in [3.8, 4) is 0 Å². The number of hydrogen-bond acceptors (Lipinski definition) is 3. The predicted octanol–water partition coefficient (Wildman–Crippen LogP) is 3.54. The summed E-state index contributed by atoms with van der Waals surface area (Å²) < 4.78 is 5.11. The van der Waals surface area contributed by atoms with Crippen molar-refractivity contribution in [3.63, 3.8) is 0 Å². The van der Waals surface area contributed by atoms with Gasteiger partial charge in [-0.1, -0.05) is 13.8 Å². The van der Waals surface area contributed by atoms with Crippen LogP contribution in [0, 0.1) is 0 Å². The van der Waals surface area contributed by atoms with Gasteiger partial charge in [0.25, 0.3) is 0 Å². The molecule has 0 atom stereocenters. The zero-order valence-electron chi connectivity index (χ0n) is 10.1.